The minimum Gasteiger partial charge on any atom is -0.492 e. The number of amides is 2. The number of carbonyl (C=O) groups is 2. The first-order valence-corrected chi connectivity index (χ1v) is 8.96. The van der Waals surface area contributed by atoms with Crippen molar-refractivity contribution in [2.75, 3.05) is 19.7 Å². The van der Waals surface area contributed by atoms with E-state index in [1.54, 1.807) is 12.1 Å². The molecular weight excluding hydrogens is 328 g/mol. The molecule has 2 amide bonds. The van der Waals surface area contributed by atoms with Gasteiger partial charge in [-0.3, -0.25) is 9.59 Å². The fourth-order valence-electron chi connectivity index (χ4n) is 2.92. The molecule has 0 saturated carbocycles. The highest BCUT2D eigenvalue weighted by Gasteiger charge is 2.19. The molecule has 1 aliphatic heterocycles. The summed E-state index contributed by atoms with van der Waals surface area (Å²) in [6.45, 7) is 4.33. The average Bonchev–Trinajstić information content (AvgIpc) is 3.05. The molecule has 1 fully saturated rings. The third-order valence-electron chi connectivity index (χ3n) is 4.44. The molecule has 3 rings (SSSR count). The Kier molecular flexibility index (Phi) is 5.89. The molecule has 0 spiro atoms. The van der Waals surface area contributed by atoms with E-state index in [2.05, 4.69) is 5.32 Å². The van der Waals surface area contributed by atoms with Crippen LogP contribution in [0.15, 0.2) is 48.5 Å². The predicted octanol–water partition coefficient (Wildman–Crippen LogP) is 2.93. The Bertz CT molecular complexity index is 754. The Morgan fingerprint density at radius 1 is 1.12 bits per heavy atom. The van der Waals surface area contributed by atoms with Crippen LogP contribution in [0.2, 0.25) is 0 Å². The third kappa shape index (κ3) is 4.85. The van der Waals surface area contributed by atoms with Gasteiger partial charge in [-0.25, -0.2) is 0 Å². The van der Waals surface area contributed by atoms with Crippen molar-refractivity contribution in [3.8, 4) is 5.75 Å². The standard InChI is InChI=1S/C21H24N2O3/c1-16-4-10-19(11-5-16)26-14-12-22-21(25)18-8-6-17(7-9-18)15-23-13-2-3-20(23)24/h4-11H,2-3,12-15H2,1H3,(H,22,25). The summed E-state index contributed by atoms with van der Waals surface area (Å²) < 4.78 is 5.60. The van der Waals surface area contributed by atoms with Gasteiger partial charge in [0.25, 0.3) is 5.91 Å². The Balaban J connectivity index is 1.42. The number of hydrogen-bond acceptors (Lipinski definition) is 3. The van der Waals surface area contributed by atoms with E-state index in [-0.39, 0.29) is 11.8 Å². The van der Waals surface area contributed by atoms with Crippen molar-refractivity contribution < 1.29 is 14.3 Å². The van der Waals surface area contributed by atoms with Gasteiger partial charge >= 0.3 is 0 Å². The van der Waals surface area contributed by atoms with Gasteiger partial charge in [-0.15, -0.1) is 0 Å². The van der Waals surface area contributed by atoms with Gasteiger partial charge in [-0.05, 0) is 43.2 Å². The number of carbonyl (C=O) groups excluding carboxylic acids is 2. The summed E-state index contributed by atoms with van der Waals surface area (Å²) in [5.41, 5.74) is 2.83. The number of hydrogen-bond donors (Lipinski definition) is 1. The zero-order chi connectivity index (χ0) is 18.4. The van der Waals surface area contributed by atoms with Gasteiger partial charge in [-0.2, -0.15) is 0 Å². The van der Waals surface area contributed by atoms with Gasteiger partial charge in [-0.1, -0.05) is 29.8 Å². The molecule has 2 aromatic rings. The number of likely N-dealkylation sites (tertiary alicyclic amines) is 1. The maximum absolute atomic E-state index is 12.2. The lowest BCUT2D eigenvalue weighted by Gasteiger charge is -2.15. The normalized spacial score (nSPS) is 13.7. The summed E-state index contributed by atoms with van der Waals surface area (Å²) in [6, 6.07) is 15.2. The Morgan fingerprint density at radius 2 is 1.85 bits per heavy atom. The van der Waals surface area contributed by atoms with E-state index in [0.29, 0.717) is 31.7 Å². The molecule has 1 saturated heterocycles. The van der Waals surface area contributed by atoms with Crippen LogP contribution in [0, 0.1) is 6.92 Å². The molecule has 0 aliphatic carbocycles. The van der Waals surface area contributed by atoms with Crippen LogP contribution >= 0.6 is 0 Å². The molecule has 26 heavy (non-hydrogen) atoms. The van der Waals surface area contributed by atoms with Crippen molar-refractivity contribution >= 4 is 11.8 Å². The van der Waals surface area contributed by atoms with Crippen LogP contribution in [0.25, 0.3) is 0 Å². The van der Waals surface area contributed by atoms with Gasteiger partial charge in [0.1, 0.15) is 12.4 Å². The molecule has 1 aliphatic rings. The molecule has 0 aromatic heterocycles. The maximum Gasteiger partial charge on any atom is 0.251 e. The van der Waals surface area contributed by atoms with Gasteiger partial charge in [0.2, 0.25) is 5.91 Å². The molecule has 136 valence electrons. The van der Waals surface area contributed by atoms with E-state index in [1.165, 1.54) is 5.56 Å². The van der Waals surface area contributed by atoms with Crippen molar-refractivity contribution in [2.45, 2.75) is 26.3 Å². The monoisotopic (exact) mass is 352 g/mol. The SMILES string of the molecule is Cc1ccc(OCCNC(=O)c2ccc(CN3CCCC3=O)cc2)cc1. The number of benzene rings is 2. The third-order valence-corrected chi connectivity index (χ3v) is 4.44. The molecule has 0 atom stereocenters. The number of nitrogens with zero attached hydrogens (tertiary/aromatic N) is 1. The molecule has 5 nitrogen and oxygen atoms in total. The Labute approximate surface area is 154 Å². The van der Waals surface area contributed by atoms with Crippen molar-refractivity contribution in [3.05, 3.63) is 65.2 Å². The predicted molar refractivity (Wildman–Crippen MR) is 100 cm³/mol. The minimum absolute atomic E-state index is 0.124. The van der Waals surface area contributed by atoms with Crippen LogP contribution in [0.5, 0.6) is 5.75 Å². The van der Waals surface area contributed by atoms with Gasteiger partial charge in [0, 0.05) is 25.1 Å². The fourth-order valence-corrected chi connectivity index (χ4v) is 2.92. The Morgan fingerprint density at radius 3 is 2.50 bits per heavy atom. The number of aryl methyl sites for hydroxylation is 1. The molecule has 1 heterocycles. The summed E-state index contributed by atoms with van der Waals surface area (Å²) in [5, 5.41) is 2.85. The van der Waals surface area contributed by atoms with E-state index in [1.807, 2.05) is 48.2 Å². The number of nitrogens with one attached hydrogen (secondary N) is 1. The van der Waals surface area contributed by atoms with E-state index < -0.39 is 0 Å². The van der Waals surface area contributed by atoms with Gasteiger partial charge in [0.05, 0.1) is 6.54 Å². The highest BCUT2D eigenvalue weighted by Crippen LogP contribution is 2.15. The summed E-state index contributed by atoms with van der Waals surface area (Å²) in [6.07, 6.45) is 1.58. The second-order valence-corrected chi connectivity index (χ2v) is 6.53. The highest BCUT2D eigenvalue weighted by molar-refractivity contribution is 5.94. The van der Waals surface area contributed by atoms with Crippen molar-refractivity contribution in [2.24, 2.45) is 0 Å². The first-order valence-electron chi connectivity index (χ1n) is 8.96. The summed E-state index contributed by atoms with van der Waals surface area (Å²) >= 11 is 0. The lowest BCUT2D eigenvalue weighted by molar-refractivity contribution is -0.128. The first-order chi connectivity index (χ1) is 12.6. The van der Waals surface area contributed by atoms with E-state index >= 15 is 0 Å². The van der Waals surface area contributed by atoms with Crippen LogP contribution in [0.3, 0.4) is 0 Å². The Hall–Kier alpha value is -2.82. The summed E-state index contributed by atoms with van der Waals surface area (Å²) in [5.74, 6) is 0.882. The average molecular weight is 352 g/mol. The van der Waals surface area contributed by atoms with Crippen molar-refractivity contribution in [1.82, 2.24) is 10.2 Å². The molecular formula is C21H24N2O3. The summed E-state index contributed by atoms with van der Waals surface area (Å²) in [7, 11) is 0. The van der Waals surface area contributed by atoms with E-state index in [0.717, 1.165) is 24.3 Å². The topological polar surface area (TPSA) is 58.6 Å². The number of ether oxygens (including phenoxy) is 1. The molecule has 0 bridgehead atoms. The van der Waals surface area contributed by atoms with Gasteiger partial charge in [0.15, 0.2) is 0 Å². The highest BCUT2D eigenvalue weighted by atomic mass is 16.5. The molecule has 1 N–H and O–H groups in total. The van der Waals surface area contributed by atoms with Crippen LogP contribution < -0.4 is 10.1 Å². The second-order valence-electron chi connectivity index (χ2n) is 6.53. The fraction of sp³-hybridized carbons (Fsp3) is 0.333. The van der Waals surface area contributed by atoms with Crippen LogP contribution in [0.1, 0.15) is 34.3 Å². The number of rotatable bonds is 7. The first kappa shape index (κ1) is 18.0. The maximum atomic E-state index is 12.2. The molecule has 0 radical (unpaired) electrons. The zero-order valence-corrected chi connectivity index (χ0v) is 15.0. The van der Waals surface area contributed by atoms with Crippen LogP contribution in [-0.4, -0.2) is 36.4 Å². The second kappa shape index (κ2) is 8.52. The van der Waals surface area contributed by atoms with Crippen LogP contribution in [0.4, 0.5) is 0 Å². The quantitative estimate of drug-likeness (QED) is 0.780. The lowest BCUT2D eigenvalue weighted by atomic mass is 10.1. The van der Waals surface area contributed by atoms with E-state index in [9.17, 15) is 9.59 Å². The van der Waals surface area contributed by atoms with Crippen molar-refractivity contribution in [1.29, 1.82) is 0 Å². The summed E-state index contributed by atoms with van der Waals surface area (Å²) in [4.78, 5) is 25.7. The largest absolute Gasteiger partial charge is 0.492 e. The smallest absolute Gasteiger partial charge is 0.251 e. The zero-order valence-electron chi connectivity index (χ0n) is 15.0. The van der Waals surface area contributed by atoms with Crippen molar-refractivity contribution in [3.63, 3.8) is 0 Å². The molecule has 5 heteroatoms. The lowest BCUT2D eigenvalue weighted by Crippen LogP contribution is -2.28. The minimum atomic E-state index is -0.124. The molecule has 0 unspecified atom stereocenters. The van der Waals surface area contributed by atoms with E-state index in [4.69, 9.17) is 4.74 Å². The van der Waals surface area contributed by atoms with Crippen LogP contribution in [-0.2, 0) is 11.3 Å². The van der Waals surface area contributed by atoms with Gasteiger partial charge < -0.3 is 15.0 Å². The molecule has 2 aromatic carbocycles.